The Labute approximate surface area is 414 Å². The van der Waals surface area contributed by atoms with Crippen molar-refractivity contribution in [2.45, 2.75) is 96.7 Å². The molecule has 331 valence electrons. The molecule has 65 heavy (non-hydrogen) atoms. The van der Waals surface area contributed by atoms with Gasteiger partial charge in [-0.15, -0.1) is 23.8 Å². The molecule has 0 bridgehead atoms. The van der Waals surface area contributed by atoms with Crippen LogP contribution in [-0.2, 0) is 25.5 Å². The van der Waals surface area contributed by atoms with Crippen LogP contribution < -0.4 is 4.40 Å². The summed E-state index contributed by atoms with van der Waals surface area (Å²) in [5.41, 5.74) is 10.2. The molecular formula is C59H59GeIrN3S-2. The maximum absolute atomic E-state index is 7.82. The van der Waals surface area contributed by atoms with Gasteiger partial charge in [0, 0.05) is 30.5 Å². The quantitative estimate of drug-likeness (QED) is 0.0944. The molecule has 10 rings (SSSR count). The van der Waals surface area contributed by atoms with Crippen LogP contribution in [0.15, 0.2) is 128 Å². The van der Waals surface area contributed by atoms with Crippen LogP contribution in [-0.4, -0.2) is 27.8 Å². The SMILES string of the molecule is CC(C)c1cc(C(C)(C)C)cc(C(C)C)c1-n1c(-c2[c-]cc3sc4ccc5c6ccccc6ccc5c4c3c2)nc2ccccc21.[2H]C([2H])([2H])c1c[c-]c(-c2cc(C([2H])([2H])[2H])[c]([Ge]([CH3])([CH3])[CH3])cn2)cc1.[Ir]. The van der Waals surface area contributed by atoms with E-state index in [1.54, 1.807) is 18.3 Å². The van der Waals surface area contributed by atoms with Gasteiger partial charge >= 0.3 is 121 Å². The number of hydrogen-bond donors (Lipinski definition) is 0. The Bertz CT molecular complexity index is 3580. The van der Waals surface area contributed by atoms with Gasteiger partial charge in [-0.05, 0) is 83.8 Å². The first-order chi connectivity index (χ1) is 32.9. The Balaban J connectivity index is 0.000000230. The average molecular weight is 1110 g/mol. The van der Waals surface area contributed by atoms with Crippen molar-refractivity contribution in [2.24, 2.45) is 0 Å². The van der Waals surface area contributed by atoms with E-state index >= 15 is 0 Å². The monoisotopic (exact) mass is 1110 g/mol. The van der Waals surface area contributed by atoms with Crippen LogP contribution >= 0.6 is 11.3 Å². The van der Waals surface area contributed by atoms with Crippen LogP contribution in [0.3, 0.4) is 0 Å². The minimum atomic E-state index is -2.38. The number of nitrogens with zero attached hydrogens (tertiary/aromatic N) is 3. The molecule has 0 atom stereocenters. The van der Waals surface area contributed by atoms with E-state index in [4.69, 9.17) is 13.2 Å². The molecule has 0 aliphatic heterocycles. The fourth-order valence-electron chi connectivity index (χ4n) is 8.91. The van der Waals surface area contributed by atoms with Crippen LogP contribution in [0, 0.1) is 25.8 Å². The number of benzene rings is 7. The third-order valence-corrected chi connectivity index (χ3v) is 17.7. The molecule has 0 amide bonds. The van der Waals surface area contributed by atoms with E-state index in [2.05, 4.69) is 184 Å². The topological polar surface area (TPSA) is 30.7 Å². The van der Waals surface area contributed by atoms with Gasteiger partial charge in [0.15, 0.2) is 0 Å². The minimum Gasteiger partial charge on any atom is 0 e. The number of aryl methyl sites for hydroxylation is 2. The number of rotatable bonds is 6. The van der Waals surface area contributed by atoms with E-state index in [0.29, 0.717) is 28.7 Å². The Hall–Kier alpha value is -4.91. The van der Waals surface area contributed by atoms with Crippen LogP contribution in [0.4, 0.5) is 0 Å². The van der Waals surface area contributed by atoms with Gasteiger partial charge in [-0.1, -0.05) is 121 Å². The second-order valence-corrected chi connectivity index (χ2v) is 31.4. The average Bonchev–Trinajstić information content (AvgIpc) is 3.88. The van der Waals surface area contributed by atoms with Crippen molar-refractivity contribution in [3.05, 3.63) is 167 Å². The Morgan fingerprint density at radius 1 is 0.692 bits per heavy atom. The van der Waals surface area contributed by atoms with E-state index in [1.807, 2.05) is 11.3 Å². The van der Waals surface area contributed by atoms with Gasteiger partial charge in [0.05, 0.1) is 16.9 Å². The molecule has 0 spiro atoms. The van der Waals surface area contributed by atoms with E-state index in [-0.39, 0.29) is 31.1 Å². The van der Waals surface area contributed by atoms with Crippen molar-refractivity contribution >= 4 is 81.7 Å². The first-order valence-electron chi connectivity index (χ1n) is 25.3. The molecule has 0 aliphatic rings. The first kappa shape index (κ1) is 39.3. The van der Waals surface area contributed by atoms with Crippen LogP contribution in [0.5, 0.6) is 0 Å². The van der Waals surface area contributed by atoms with Gasteiger partial charge in [-0.2, -0.15) is 11.3 Å². The first-order valence-corrected chi connectivity index (χ1v) is 30.4. The standard InChI is InChI=1S/C43H39N2S.C16H20GeN.Ir/c1-25(2)33-23-29(43(5,6)7)24-34(26(3)4)41(33)45-37-15-11-10-14-36(37)44-42(45)28-17-20-38-35(22-28)40-32-18-16-27-12-8-9-13-30(27)31(32)19-21-39(40)46-38;1-12-6-8-14(9-7-12)16-10-13(2)15(11-18-16)17(3,4)5;/h8-16,18-26H,1-7H3;6-8,10-11H,1-5H3;/q2*-1;/i;1D3,2D3;. The molecular weight excluding hydrogens is 1050 g/mol. The van der Waals surface area contributed by atoms with Crippen LogP contribution in [0.25, 0.3) is 81.1 Å². The van der Waals surface area contributed by atoms with E-state index in [9.17, 15) is 0 Å². The number of fused-ring (bicyclic) bond motifs is 8. The summed E-state index contributed by atoms with van der Waals surface area (Å²) in [6.45, 7) is 11.8. The van der Waals surface area contributed by atoms with Crippen LogP contribution in [0.1, 0.15) is 96.3 Å². The Morgan fingerprint density at radius 2 is 1.40 bits per heavy atom. The van der Waals surface area contributed by atoms with Crippen molar-refractivity contribution in [3.8, 4) is 28.3 Å². The Kier molecular flexibility index (Phi) is 10.9. The summed E-state index contributed by atoms with van der Waals surface area (Å²) in [6, 6.07) is 48.6. The number of thiophene rings is 1. The predicted molar refractivity (Wildman–Crippen MR) is 281 cm³/mol. The number of aromatic nitrogens is 3. The molecule has 0 fully saturated rings. The Morgan fingerprint density at radius 3 is 2.08 bits per heavy atom. The van der Waals surface area contributed by atoms with Crippen molar-refractivity contribution in [1.29, 1.82) is 0 Å². The van der Waals surface area contributed by atoms with Gasteiger partial charge in [0.2, 0.25) is 0 Å². The van der Waals surface area contributed by atoms with E-state index in [0.717, 1.165) is 26.8 Å². The summed E-state index contributed by atoms with van der Waals surface area (Å²) in [4.78, 5) is 9.75. The second kappa shape index (κ2) is 18.1. The van der Waals surface area contributed by atoms with Gasteiger partial charge in [0.1, 0.15) is 0 Å². The summed E-state index contributed by atoms with van der Waals surface area (Å²) < 4.78 is 51.5. The molecule has 0 aliphatic carbocycles. The normalized spacial score (nSPS) is 13.9. The molecule has 6 heteroatoms. The molecule has 0 saturated carbocycles. The molecule has 3 nitrogen and oxygen atoms in total. The molecule has 0 saturated heterocycles. The smallest absolute Gasteiger partial charge is 0 e. The molecule has 7 aromatic carbocycles. The van der Waals surface area contributed by atoms with E-state index < -0.39 is 27.0 Å². The molecule has 3 heterocycles. The minimum absolute atomic E-state index is 0. The van der Waals surface area contributed by atoms with Gasteiger partial charge in [-0.3, -0.25) is 4.98 Å². The zero-order valence-electron chi connectivity index (χ0n) is 44.9. The zero-order chi connectivity index (χ0) is 50.2. The van der Waals surface area contributed by atoms with Gasteiger partial charge in [0.25, 0.3) is 0 Å². The maximum atomic E-state index is 7.82. The predicted octanol–water partition coefficient (Wildman–Crippen LogP) is 16.4. The number of pyridine rings is 1. The molecule has 1 radical (unpaired) electrons. The zero-order valence-corrected chi connectivity index (χ0v) is 44.2. The summed E-state index contributed by atoms with van der Waals surface area (Å²) in [5, 5.41) is 7.76. The third-order valence-electron chi connectivity index (χ3n) is 12.4. The van der Waals surface area contributed by atoms with E-state index in [1.165, 1.54) is 76.2 Å². The molecule has 3 aromatic heterocycles. The van der Waals surface area contributed by atoms with Gasteiger partial charge in [-0.25, -0.2) is 0 Å². The summed E-state index contributed by atoms with van der Waals surface area (Å²) >= 11 is -0.531. The fraction of sp³-hybridized carbons (Fsp3) is 0.254. The van der Waals surface area contributed by atoms with Crippen molar-refractivity contribution in [2.75, 3.05) is 0 Å². The van der Waals surface area contributed by atoms with Gasteiger partial charge < -0.3 is 4.57 Å². The largest absolute Gasteiger partial charge is 0 e. The number of para-hydroxylation sites is 2. The maximum Gasteiger partial charge on any atom is 0 e. The second-order valence-electron chi connectivity index (χ2n) is 19.7. The van der Waals surface area contributed by atoms with Crippen molar-refractivity contribution in [1.82, 2.24) is 14.5 Å². The molecule has 0 unspecified atom stereocenters. The molecule has 10 aromatic rings. The van der Waals surface area contributed by atoms with Crippen molar-refractivity contribution < 1.29 is 28.3 Å². The third kappa shape index (κ3) is 8.90. The number of imidazole rings is 1. The molecule has 0 N–H and O–H groups in total. The summed E-state index contributed by atoms with van der Waals surface area (Å²) in [7, 11) is 0. The van der Waals surface area contributed by atoms with Crippen LogP contribution in [0.2, 0.25) is 17.3 Å². The summed E-state index contributed by atoms with van der Waals surface area (Å²) in [6.07, 6.45) is 1.67. The summed E-state index contributed by atoms with van der Waals surface area (Å²) in [5.74, 6) is 8.02. The number of hydrogen-bond acceptors (Lipinski definition) is 3. The fourth-order valence-corrected chi connectivity index (χ4v) is 12.8. The van der Waals surface area contributed by atoms with Crippen molar-refractivity contribution in [3.63, 3.8) is 0 Å².